The normalized spacial score (nSPS) is 11.9. The van der Waals surface area contributed by atoms with Crippen molar-refractivity contribution in [1.82, 2.24) is 0 Å². The van der Waals surface area contributed by atoms with Crippen LogP contribution in [0.4, 0.5) is 0 Å². The molecule has 44 heavy (non-hydrogen) atoms. The van der Waals surface area contributed by atoms with Gasteiger partial charge in [-0.25, -0.2) is 0 Å². The summed E-state index contributed by atoms with van der Waals surface area (Å²) in [6, 6.07) is 41.0. The molecule has 0 amide bonds. The Kier molecular flexibility index (Phi) is 6.14. The third-order valence-electron chi connectivity index (χ3n) is 8.86. The second-order valence-corrected chi connectivity index (χ2v) is 15.5. The quantitative estimate of drug-likeness (QED) is 0.181. The molecule has 9 rings (SSSR count). The Balaban J connectivity index is 1.04. The standard InChI is InChI=1S/C40H26S4/c1-23-33-21-37(27-7-3-25(4-8-27)29-11-13-35-31(19-29)15-17-41-35)44-40(33)24(2)34-22-38(43-39(23)34)28-9-5-26(6-10-28)30-12-14-36-32(20-30)16-18-42-36/h3-22H,1-2H3. The first kappa shape index (κ1) is 26.4. The van der Waals surface area contributed by atoms with Gasteiger partial charge in [0.2, 0.25) is 0 Å². The Morgan fingerprint density at radius 1 is 0.386 bits per heavy atom. The van der Waals surface area contributed by atoms with Crippen LogP contribution in [0.25, 0.3) is 83.5 Å². The highest BCUT2D eigenvalue weighted by atomic mass is 32.1. The number of benzene rings is 5. The lowest BCUT2D eigenvalue weighted by Crippen LogP contribution is -1.79. The first-order valence-electron chi connectivity index (χ1n) is 14.7. The van der Waals surface area contributed by atoms with Crippen molar-refractivity contribution in [2.75, 3.05) is 0 Å². The minimum atomic E-state index is 1.26. The minimum absolute atomic E-state index is 1.26. The first-order valence-corrected chi connectivity index (χ1v) is 18.1. The highest BCUT2D eigenvalue weighted by molar-refractivity contribution is 7.24. The summed E-state index contributed by atoms with van der Waals surface area (Å²) in [6.07, 6.45) is 0. The van der Waals surface area contributed by atoms with Crippen LogP contribution in [0.3, 0.4) is 0 Å². The molecule has 0 atom stereocenters. The summed E-state index contributed by atoms with van der Waals surface area (Å²) >= 11 is 7.44. The van der Waals surface area contributed by atoms with Gasteiger partial charge < -0.3 is 0 Å². The lowest BCUT2D eigenvalue weighted by molar-refractivity contribution is 1.58. The van der Waals surface area contributed by atoms with E-state index in [0.29, 0.717) is 0 Å². The second kappa shape index (κ2) is 10.3. The summed E-state index contributed by atoms with van der Waals surface area (Å²) < 4.78 is 5.49. The van der Waals surface area contributed by atoms with Crippen LogP contribution < -0.4 is 0 Å². The number of fused-ring (bicyclic) bond motifs is 4. The molecule has 0 radical (unpaired) electrons. The maximum atomic E-state index is 2.41. The van der Waals surface area contributed by atoms with E-state index in [2.05, 4.69) is 134 Å². The SMILES string of the molecule is Cc1c2cc(-c3ccc(-c4ccc5sccc5c4)cc3)sc2c(C)c2cc(-c3ccc(-c4ccc5sccc5c4)cc3)sc12. The van der Waals surface area contributed by atoms with E-state index in [1.807, 2.05) is 22.7 Å². The van der Waals surface area contributed by atoms with Crippen molar-refractivity contribution < 1.29 is 0 Å². The molecule has 5 aromatic carbocycles. The molecule has 0 unspecified atom stereocenters. The summed E-state index contributed by atoms with van der Waals surface area (Å²) in [4.78, 5) is 2.67. The summed E-state index contributed by atoms with van der Waals surface area (Å²) in [5.74, 6) is 0. The first-order chi connectivity index (χ1) is 21.6. The van der Waals surface area contributed by atoms with Gasteiger partial charge in [-0.2, -0.15) is 0 Å². The Bertz CT molecular complexity index is 2270. The van der Waals surface area contributed by atoms with Crippen molar-refractivity contribution in [2.45, 2.75) is 13.8 Å². The van der Waals surface area contributed by atoms with Crippen molar-refractivity contribution >= 4 is 85.7 Å². The van der Waals surface area contributed by atoms with Crippen molar-refractivity contribution in [3.63, 3.8) is 0 Å². The molecule has 0 fully saturated rings. The fourth-order valence-electron chi connectivity index (χ4n) is 6.37. The van der Waals surface area contributed by atoms with Crippen LogP contribution in [0.5, 0.6) is 0 Å². The van der Waals surface area contributed by atoms with Crippen LogP contribution in [0.15, 0.2) is 120 Å². The van der Waals surface area contributed by atoms with Gasteiger partial charge in [-0.05, 0) is 139 Å². The average Bonchev–Trinajstić information content (AvgIpc) is 3.88. The number of hydrogen-bond donors (Lipinski definition) is 0. The third kappa shape index (κ3) is 4.28. The van der Waals surface area contributed by atoms with Gasteiger partial charge in [-0.1, -0.05) is 60.7 Å². The molecule has 0 nitrogen and oxygen atoms in total. The van der Waals surface area contributed by atoms with Gasteiger partial charge in [-0.3, -0.25) is 0 Å². The highest BCUT2D eigenvalue weighted by Crippen LogP contribution is 2.45. The van der Waals surface area contributed by atoms with E-state index in [1.165, 1.54) is 94.6 Å². The maximum absolute atomic E-state index is 2.41. The molecule has 0 aliphatic carbocycles. The summed E-state index contributed by atoms with van der Waals surface area (Å²) in [5, 5.41) is 9.74. The second-order valence-electron chi connectivity index (χ2n) is 11.5. The zero-order chi connectivity index (χ0) is 29.4. The molecule has 210 valence electrons. The zero-order valence-corrected chi connectivity index (χ0v) is 27.4. The molecular weight excluding hydrogens is 609 g/mol. The van der Waals surface area contributed by atoms with Gasteiger partial charge in [0.1, 0.15) is 0 Å². The number of hydrogen-bond acceptors (Lipinski definition) is 4. The molecule has 0 bridgehead atoms. The van der Waals surface area contributed by atoms with E-state index in [-0.39, 0.29) is 0 Å². The maximum Gasteiger partial charge on any atom is 0.0388 e. The summed E-state index contributed by atoms with van der Waals surface area (Å²) in [5.41, 5.74) is 10.4. The fraction of sp³-hybridized carbons (Fsp3) is 0.0500. The molecular formula is C40H26S4. The van der Waals surface area contributed by atoms with Crippen LogP contribution in [0, 0.1) is 13.8 Å². The number of thiophene rings is 4. The molecule has 0 spiro atoms. The van der Waals surface area contributed by atoms with E-state index < -0.39 is 0 Å². The van der Waals surface area contributed by atoms with Crippen molar-refractivity contribution in [2.24, 2.45) is 0 Å². The largest absolute Gasteiger partial charge is 0.144 e. The summed E-state index contributed by atoms with van der Waals surface area (Å²) in [6.45, 7) is 4.60. The van der Waals surface area contributed by atoms with E-state index >= 15 is 0 Å². The Hall–Kier alpha value is -4.06. The smallest absolute Gasteiger partial charge is 0.0388 e. The lowest BCUT2D eigenvalue weighted by Gasteiger charge is -2.04. The van der Waals surface area contributed by atoms with Crippen molar-refractivity contribution in [3.05, 3.63) is 131 Å². The fourth-order valence-corrected chi connectivity index (χ4v) is 10.4. The van der Waals surface area contributed by atoms with Crippen LogP contribution in [-0.4, -0.2) is 0 Å². The molecule has 0 aliphatic rings. The average molecular weight is 635 g/mol. The zero-order valence-electron chi connectivity index (χ0n) is 24.2. The molecule has 0 saturated heterocycles. The predicted octanol–water partition coefficient (Wildman–Crippen LogP) is 13.8. The van der Waals surface area contributed by atoms with Crippen LogP contribution >= 0.6 is 45.3 Å². The Morgan fingerprint density at radius 2 is 0.773 bits per heavy atom. The number of rotatable bonds is 4. The highest BCUT2D eigenvalue weighted by Gasteiger charge is 2.17. The summed E-state index contributed by atoms with van der Waals surface area (Å²) in [7, 11) is 0. The molecule has 0 saturated carbocycles. The minimum Gasteiger partial charge on any atom is -0.144 e. The van der Waals surface area contributed by atoms with E-state index in [0.717, 1.165) is 0 Å². The van der Waals surface area contributed by atoms with E-state index in [9.17, 15) is 0 Å². The van der Waals surface area contributed by atoms with Crippen molar-refractivity contribution in [1.29, 1.82) is 0 Å². The van der Waals surface area contributed by atoms with Gasteiger partial charge >= 0.3 is 0 Å². The van der Waals surface area contributed by atoms with E-state index in [4.69, 9.17) is 0 Å². The Labute approximate surface area is 272 Å². The molecule has 0 N–H and O–H groups in total. The molecule has 9 aromatic rings. The van der Waals surface area contributed by atoms with E-state index in [1.54, 1.807) is 22.7 Å². The molecule has 0 aliphatic heterocycles. The lowest BCUT2D eigenvalue weighted by atomic mass is 10.0. The van der Waals surface area contributed by atoms with Gasteiger partial charge in [0, 0.05) is 28.6 Å². The van der Waals surface area contributed by atoms with Gasteiger partial charge in [0.15, 0.2) is 0 Å². The molecule has 4 heteroatoms. The van der Waals surface area contributed by atoms with Gasteiger partial charge in [-0.15, -0.1) is 45.3 Å². The topological polar surface area (TPSA) is 0 Å². The third-order valence-corrected chi connectivity index (χ3v) is 13.3. The van der Waals surface area contributed by atoms with Crippen LogP contribution in [0.2, 0.25) is 0 Å². The number of aryl methyl sites for hydroxylation is 2. The van der Waals surface area contributed by atoms with Crippen molar-refractivity contribution in [3.8, 4) is 43.1 Å². The monoisotopic (exact) mass is 634 g/mol. The van der Waals surface area contributed by atoms with Crippen LogP contribution in [0.1, 0.15) is 11.1 Å². The Morgan fingerprint density at radius 3 is 1.20 bits per heavy atom. The predicted molar refractivity (Wildman–Crippen MR) is 199 cm³/mol. The molecule has 4 heterocycles. The molecule has 4 aromatic heterocycles. The van der Waals surface area contributed by atoms with Crippen LogP contribution in [-0.2, 0) is 0 Å². The van der Waals surface area contributed by atoms with Gasteiger partial charge in [0.05, 0.1) is 0 Å². The van der Waals surface area contributed by atoms with Gasteiger partial charge in [0.25, 0.3) is 0 Å².